The summed E-state index contributed by atoms with van der Waals surface area (Å²) in [6, 6.07) is 0. The van der Waals surface area contributed by atoms with Gasteiger partial charge in [0.05, 0.1) is 6.26 Å². The molecule has 5 nitrogen and oxygen atoms in total. The first-order valence-electron chi connectivity index (χ1n) is 8.62. The van der Waals surface area contributed by atoms with Gasteiger partial charge in [0.15, 0.2) is 0 Å². The lowest BCUT2D eigenvalue weighted by atomic mass is 9.87. The molecule has 0 aromatic heterocycles. The standard InChI is InChI=1S/C16H30N2O3S/c1-3-7-14-12-18(22(2,20)21)13-15(14)16(19)8-11-17-9-5-4-6-10-17/h14-15H,3-13H2,1-2H3/t14-,15?/m0/s1. The number of rotatable bonds is 7. The average molecular weight is 330 g/mol. The molecule has 0 aromatic carbocycles. The van der Waals surface area contributed by atoms with Crippen molar-refractivity contribution in [2.24, 2.45) is 11.8 Å². The van der Waals surface area contributed by atoms with Gasteiger partial charge in [0.2, 0.25) is 10.0 Å². The number of carbonyl (C=O) groups is 1. The summed E-state index contributed by atoms with van der Waals surface area (Å²) in [5.41, 5.74) is 0. The van der Waals surface area contributed by atoms with Gasteiger partial charge in [0.25, 0.3) is 0 Å². The highest BCUT2D eigenvalue weighted by Crippen LogP contribution is 2.30. The van der Waals surface area contributed by atoms with E-state index in [0.29, 0.717) is 19.5 Å². The maximum Gasteiger partial charge on any atom is 0.211 e. The van der Waals surface area contributed by atoms with Crippen LogP contribution < -0.4 is 0 Å². The van der Waals surface area contributed by atoms with Crippen molar-refractivity contribution in [3.05, 3.63) is 0 Å². The number of hydrogen-bond acceptors (Lipinski definition) is 4. The molecule has 2 aliphatic rings. The van der Waals surface area contributed by atoms with Gasteiger partial charge in [-0.05, 0) is 38.3 Å². The van der Waals surface area contributed by atoms with Crippen molar-refractivity contribution in [1.29, 1.82) is 0 Å². The van der Waals surface area contributed by atoms with E-state index in [4.69, 9.17) is 0 Å². The van der Waals surface area contributed by atoms with Crippen LogP contribution in [0.5, 0.6) is 0 Å². The number of ketones is 1. The number of nitrogens with zero attached hydrogens (tertiary/aromatic N) is 2. The summed E-state index contributed by atoms with van der Waals surface area (Å²) in [7, 11) is -3.18. The van der Waals surface area contributed by atoms with Gasteiger partial charge in [-0.2, -0.15) is 0 Å². The molecular weight excluding hydrogens is 300 g/mol. The molecule has 2 saturated heterocycles. The molecule has 2 rings (SSSR count). The predicted molar refractivity (Wildman–Crippen MR) is 88.2 cm³/mol. The Balaban J connectivity index is 1.90. The summed E-state index contributed by atoms with van der Waals surface area (Å²) in [4.78, 5) is 15.0. The first-order chi connectivity index (χ1) is 10.4. The minimum Gasteiger partial charge on any atom is -0.303 e. The molecule has 2 aliphatic heterocycles. The van der Waals surface area contributed by atoms with Crippen molar-refractivity contribution < 1.29 is 13.2 Å². The van der Waals surface area contributed by atoms with Gasteiger partial charge >= 0.3 is 0 Å². The van der Waals surface area contributed by atoms with Gasteiger partial charge in [-0.15, -0.1) is 0 Å². The molecule has 6 heteroatoms. The molecule has 22 heavy (non-hydrogen) atoms. The van der Waals surface area contributed by atoms with Crippen LogP contribution in [0.15, 0.2) is 0 Å². The summed E-state index contributed by atoms with van der Waals surface area (Å²) in [6.07, 6.45) is 7.52. The Morgan fingerprint density at radius 2 is 1.82 bits per heavy atom. The maximum absolute atomic E-state index is 12.6. The van der Waals surface area contributed by atoms with Crippen molar-refractivity contribution in [1.82, 2.24) is 9.21 Å². The molecular formula is C16H30N2O3S. The lowest BCUT2D eigenvalue weighted by molar-refractivity contribution is -0.123. The molecule has 0 N–H and O–H groups in total. The Kier molecular flexibility index (Phi) is 6.41. The molecule has 128 valence electrons. The molecule has 2 fully saturated rings. The molecule has 0 radical (unpaired) electrons. The minimum absolute atomic E-state index is 0.0977. The van der Waals surface area contributed by atoms with Crippen LogP contribution in [0.4, 0.5) is 0 Å². The molecule has 2 atom stereocenters. The van der Waals surface area contributed by atoms with Crippen molar-refractivity contribution in [3.63, 3.8) is 0 Å². The summed E-state index contributed by atoms with van der Waals surface area (Å²) in [5, 5.41) is 0. The van der Waals surface area contributed by atoms with Gasteiger partial charge in [0.1, 0.15) is 5.78 Å². The van der Waals surface area contributed by atoms with E-state index in [9.17, 15) is 13.2 Å². The second-order valence-corrected chi connectivity index (χ2v) is 8.84. The number of sulfonamides is 1. The molecule has 1 unspecified atom stereocenters. The van der Waals surface area contributed by atoms with E-state index in [2.05, 4.69) is 11.8 Å². The molecule has 2 heterocycles. The monoisotopic (exact) mass is 330 g/mol. The van der Waals surface area contributed by atoms with Crippen molar-refractivity contribution in [2.45, 2.75) is 45.4 Å². The summed E-state index contributed by atoms with van der Waals surface area (Å²) >= 11 is 0. The third-order valence-corrected chi connectivity index (χ3v) is 6.31. The van der Waals surface area contributed by atoms with E-state index in [1.165, 1.54) is 29.8 Å². The fourth-order valence-corrected chi connectivity index (χ4v) is 4.66. The van der Waals surface area contributed by atoms with Crippen molar-refractivity contribution >= 4 is 15.8 Å². The highest BCUT2D eigenvalue weighted by molar-refractivity contribution is 7.88. The quantitative estimate of drug-likeness (QED) is 0.713. The molecule has 0 saturated carbocycles. The number of likely N-dealkylation sites (tertiary alicyclic amines) is 1. The van der Waals surface area contributed by atoms with E-state index in [1.807, 2.05) is 0 Å². The summed E-state index contributed by atoms with van der Waals surface area (Å²) in [6.45, 7) is 6.05. The van der Waals surface area contributed by atoms with Gasteiger partial charge < -0.3 is 4.90 Å². The zero-order valence-electron chi connectivity index (χ0n) is 14.0. The highest BCUT2D eigenvalue weighted by Gasteiger charge is 2.39. The SMILES string of the molecule is CCC[C@H]1CN(S(C)(=O)=O)CC1C(=O)CCN1CCCCC1. The Morgan fingerprint density at radius 1 is 1.14 bits per heavy atom. The zero-order chi connectivity index (χ0) is 16.2. The first-order valence-corrected chi connectivity index (χ1v) is 10.5. The number of Topliss-reactive ketones (excluding diaryl/α,β-unsaturated/α-hetero) is 1. The molecule has 0 aromatic rings. The number of carbonyl (C=O) groups excluding carboxylic acids is 1. The Hall–Kier alpha value is -0.460. The van der Waals surface area contributed by atoms with Crippen LogP contribution in [0.25, 0.3) is 0 Å². The lowest BCUT2D eigenvalue weighted by Gasteiger charge is -2.26. The average Bonchev–Trinajstić information content (AvgIpc) is 2.90. The molecule has 0 spiro atoms. The summed E-state index contributed by atoms with van der Waals surface area (Å²) < 4.78 is 25.0. The highest BCUT2D eigenvalue weighted by atomic mass is 32.2. The minimum atomic E-state index is -3.18. The van der Waals surface area contributed by atoms with Crippen LogP contribution in [0.1, 0.15) is 45.4 Å². The van der Waals surface area contributed by atoms with Crippen molar-refractivity contribution in [2.75, 3.05) is 39.0 Å². The van der Waals surface area contributed by atoms with Crippen LogP contribution in [0.3, 0.4) is 0 Å². The molecule has 0 aliphatic carbocycles. The Bertz CT molecular complexity index is 472. The number of piperidine rings is 1. The van der Waals surface area contributed by atoms with Crippen LogP contribution >= 0.6 is 0 Å². The Morgan fingerprint density at radius 3 is 2.41 bits per heavy atom. The third-order valence-electron chi connectivity index (χ3n) is 5.07. The fraction of sp³-hybridized carbons (Fsp3) is 0.938. The second kappa shape index (κ2) is 7.88. The van der Waals surface area contributed by atoms with Crippen LogP contribution in [0, 0.1) is 11.8 Å². The second-order valence-electron chi connectivity index (χ2n) is 6.85. The van der Waals surface area contributed by atoms with E-state index in [0.717, 1.165) is 32.5 Å². The smallest absolute Gasteiger partial charge is 0.211 e. The predicted octanol–water partition coefficient (Wildman–Crippen LogP) is 1.74. The zero-order valence-corrected chi connectivity index (χ0v) is 14.8. The van der Waals surface area contributed by atoms with Gasteiger partial charge in [-0.25, -0.2) is 12.7 Å². The largest absolute Gasteiger partial charge is 0.303 e. The summed E-state index contributed by atoms with van der Waals surface area (Å²) in [5.74, 6) is 0.364. The van der Waals surface area contributed by atoms with E-state index >= 15 is 0 Å². The van der Waals surface area contributed by atoms with Gasteiger partial charge in [0, 0.05) is 32.0 Å². The van der Waals surface area contributed by atoms with E-state index in [-0.39, 0.29) is 17.6 Å². The number of hydrogen-bond donors (Lipinski definition) is 0. The van der Waals surface area contributed by atoms with Crippen molar-refractivity contribution in [3.8, 4) is 0 Å². The first kappa shape index (κ1) is 17.9. The Labute approximate surface area is 135 Å². The molecule has 0 amide bonds. The maximum atomic E-state index is 12.6. The van der Waals surface area contributed by atoms with E-state index in [1.54, 1.807) is 0 Å². The third kappa shape index (κ3) is 4.77. The van der Waals surface area contributed by atoms with Crippen LogP contribution in [-0.4, -0.2) is 62.4 Å². The topological polar surface area (TPSA) is 57.7 Å². The normalized spacial score (nSPS) is 28.1. The van der Waals surface area contributed by atoms with Gasteiger partial charge in [-0.1, -0.05) is 19.8 Å². The lowest BCUT2D eigenvalue weighted by Crippen LogP contribution is -2.34. The fourth-order valence-electron chi connectivity index (χ4n) is 3.77. The van der Waals surface area contributed by atoms with Crippen LogP contribution in [0.2, 0.25) is 0 Å². The van der Waals surface area contributed by atoms with Gasteiger partial charge in [-0.3, -0.25) is 4.79 Å². The molecule has 0 bridgehead atoms. The van der Waals surface area contributed by atoms with E-state index < -0.39 is 10.0 Å². The van der Waals surface area contributed by atoms with Crippen LogP contribution in [-0.2, 0) is 14.8 Å².